The first-order valence-electron chi connectivity index (χ1n) is 7.60. The number of nitrogens with one attached hydrogen (secondary N) is 3. The molecular weight excluding hydrogens is 276 g/mol. The highest BCUT2D eigenvalue weighted by atomic mass is 15.0. The van der Waals surface area contributed by atoms with Crippen LogP contribution in [0.3, 0.4) is 0 Å². The van der Waals surface area contributed by atoms with Crippen molar-refractivity contribution in [2.45, 2.75) is 18.8 Å². The molecule has 1 fully saturated rings. The molecule has 0 radical (unpaired) electrons. The van der Waals surface area contributed by atoms with Crippen LogP contribution in [0.5, 0.6) is 0 Å². The third-order valence-electron chi connectivity index (χ3n) is 4.43. The van der Waals surface area contributed by atoms with Crippen LogP contribution in [0.1, 0.15) is 24.3 Å². The second-order valence-corrected chi connectivity index (χ2v) is 5.73. The predicted octanol–water partition coefficient (Wildman–Crippen LogP) is 0.758. The van der Waals surface area contributed by atoms with E-state index in [0.717, 1.165) is 42.9 Å². The molecule has 0 bridgehead atoms. The van der Waals surface area contributed by atoms with Crippen molar-refractivity contribution in [3.8, 4) is 0 Å². The van der Waals surface area contributed by atoms with Crippen molar-refractivity contribution in [3.63, 3.8) is 0 Å². The molecular formula is C16H22N6. The van der Waals surface area contributed by atoms with Gasteiger partial charge in [-0.2, -0.15) is 0 Å². The zero-order valence-electron chi connectivity index (χ0n) is 12.5. The zero-order chi connectivity index (χ0) is 15.5. The lowest BCUT2D eigenvalue weighted by molar-refractivity contribution is 0.405. The van der Waals surface area contributed by atoms with Gasteiger partial charge in [-0.15, -0.1) is 0 Å². The minimum atomic E-state index is -0.197. The van der Waals surface area contributed by atoms with E-state index >= 15 is 0 Å². The Morgan fingerprint density at radius 1 is 1.32 bits per heavy atom. The van der Waals surface area contributed by atoms with Gasteiger partial charge in [0.2, 0.25) is 0 Å². The lowest BCUT2D eigenvalue weighted by Crippen LogP contribution is -2.42. The number of rotatable bonds is 2. The summed E-state index contributed by atoms with van der Waals surface area (Å²) in [4.78, 5) is 4.18. The highest BCUT2D eigenvalue weighted by Crippen LogP contribution is 2.36. The van der Waals surface area contributed by atoms with Gasteiger partial charge in [-0.1, -0.05) is 6.07 Å². The quantitative estimate of drug-likeness (QED) is 0.553. The third kappa shape index (κ3) is 2.57. The van der Waals surface area contributed by atoms with Crippen molar-refractivity contribution in [2.75, 3.05) is 13.1 Å². The van der Waals surface area contributed by atoms with Gasteiger partial charge >= 0.3 is 0 Å². The molecule has 1 aromatic heterocycles. The highest BCUT2D eigenvalue weighted by Gasteiger charge is 2.33. The van der Waals surface area contributed by atoms with Gasteiger partial charge in [0.15, 0.2) is 0 Å². The number of nitrogens with zero attached hydrogens (tertiary/aromatic N) is 1. The average molecular weight is 298 g/mol. The third-order valence-corrected chi connectivity index (χ3v) is 4.43. The Bertz CT molecular complexity index is 613. The first kappa shape index (κ1) is 14.6. The molecule has 22 heavy (non-hydrogen) atoms. The molecule has 1 aromatic rings. The second kappa shape index (κ2) is 6.19. The van der Waals surface area contributed by atoms with Crippen molar-refractivity contribution in [3.05, 3.63) is 53.3 Å². The molecule has 1 saturated heterocycles. The number of piperidine rings is 1. The Morgan fingerprint density at radius 2 is 2.09 bits per heavy atom. The Balaban J connectivity index is 2.04. The fourth-order valence-electron chi connectivity index (χ4n) is 3.28. The Hall–Kier alpha value is -2.34. The van der Waals surface area contributed by atoms with E-state index in [1.807, 2.05) is 12.1 Å². The van der Waals surface area contributed by atoms with Crippen LogP contribution in [0, 0.1) is 11.3 Å². The molecule has 2 aliphatic rings. The number of hydrogen-bond donors (Lipinski definition) is 5. The molecule has 6 heteroatoms. The Labute approximate surface area is 130 Å². The van der Waals surface area contributed by atoms with Crippen molar-refractivity contribution in [1.82, 2.24) is 15.6 Å². The van der Waals surface area contributed by atoms with E-state index in [1.165, 1.54) is 6.20 Å². The smallest absolute Gasteiger partial charge is 0.128 e. The van der Waals surface area contributed by atoms with Crippen LogP contribution in [0.2, 0.25) is 0 Å². The summed E-state index contributed by atoms with van der Waals surface area (Å²) in [6, 6.07) is 3.86. The SMILES string of the molecule is N=C1NC(C2CCNCC2)=C(N)C(c2cccnc2)/C1=C/N. The topological polar surface area (TPSA) is 113 Å². The molecule has 0 saturated carbocycles. The van der Waals surface area contributed by atoms with Crippen molar-refractivity contribution in [2.24, 2.45) is 17.4 Å². The van der Waals surface area contributed by atoms with E-state index in [-0.39, 0.29) is 5.92 Å². The van der Waals surface area contributed by atoms with Crippen LogP contribution in [0.4, 0.5) is 0 Å². The van der Waals surface area contributed by atoms with Gasteiger partial charge in [0, 0.05) is 41.5 Å². The molecule has 6 nitrogen and oxygen atoms in total. The summed E-state index contributed by atoms with van der Waals surface area (Å²) >= 11 is 0. The maximum atomic E-state index is 8.28. The molecule has 0 amide bonds. The number of amidine groups is 1. The van der Waals surface area contributed by atoms with Gasteiger partial charge in [0.05, 0.1) is 5.92 Å². The lowest BCUT2D eigenvalue weighted by Gasteiger charge is -2.35. The maximum absolute atomic E-state index is 8.28. The van der Waals surface area contributed by atoms with E-state index in [0.29, 0.717) is 17.3 Å². The number of hydrogen-bond acceptors (Lipinski definition) is 5. The van der Waals surface area contributed by atoms with Crippen molar-refractivity contribution < 1.29 is 0 Å². The summed E-state index contributed by atoms with van der Waals surface area (Å²) in [5.41, 5.74) is 15.6. The zero-order valence-corrected chi connectivity index (χ0v) is 12.5. The van der Waals surface area contributed by atoms with Gasteiger partial charge in [0.1, 0.15) is 5.84 Å². The van der Waals surface area contributed by atoms with E-state index in [2.05, 4.69) is 15.6 Å². The molecule has 3 heterocycles. The molecule has 0 spiro atoms. The molecule has 1 unspecified atom stereocenters. The lowest BCUT2D eigenvalue weighted by atomic mass is 9.81. The van der Waals surface area contributed by atoms with Gasteiger partial charge in [-0.25, -0.2) is 0 Å². The summed E-state index contributed by atoms with van der Waals surface area (Å²) in [6.45, 7) is 1.96. The first-order valence-corrected chi connectivity index (χ1v) is 7.60. The number of pyridine rings is 1. The van der Waals surface area contributed by atoms with Crippen LogP contribution >= 0.6 is 0 Å². The van der Waals surface area contributed by atoms with Crippen LogP contribution in [-0.2, 0) is 0 Å². The van der Waals surface area contributed by atoms with Crippen LogP contribution in [0.15, 0.2) is 47.7 Å². The minimum absolute atomic E-state index is 0.197. The monoisotopic (exact) mass is 298 g/mol. The van der Waals surface area contributed by atoms with Crippen molar-refractivity contribution >= 4 is 5.84 Å². The van der Waals surface area contributed by atoms with E-state index in [1.54, 1.807) is 12.4 Å². The highest BCUT2D eigenvalue weighted by molar-refractivity contribution is 6.00. The molecule has 0 aromatic carbocycles. The molecule has 1 atom stereocenters. The minimum Gasteiger partial charge on any atom is -0.404 e. The van der Waals surface area contributed by atoms with Crippen LogP contribution in [0.25, 0.3) is 0 Å². The fourth-order valence-corrected chi connectivity index (χ4v) is 3.28. The summed E-state index contributed by atoms with van der Waals surface area (Å²) in [5.74, 6) is 0.497. The van der Waals surface area contributed by atoms with Crippen LogP contribution in [-0.4, -0.2) is 23.9 Å². The largest absolute Gasteiger partial charge is 0.404 e. The average Bonchev–Trinajstić information content (AvgIpc) is 2.57. The summed E-state index contributed by atoms with van der Waals surface area (Å²) in [7, 11) is 0. The van der Waals surface area contributed by atoms with E-state index in [4.69, 9.17) is 16.9 Å². The summed E-state index contributed by atoms with van der Waals surface area (Å²) < 4.78 is 0. The number of aromatic nitrogens is 1. The van der Waals surface area contributed by atoms with E-state index in [9.17, 15) is 0 Å². The van der Waals surface area contributed by atoms with E-state index < -0.39 is 0 Å². The summed E-state index contributed by atoms with van der Waals surface area (Å²) in [5, 5.41) is 14.8. The second-order valence-electron chi connectivity index (χ2n) is 5.73. The normalized spacial score (nSPS) is 25.4. The van der Waals surface area contributed by atoms with Gasteiger partial charge in [-0.05, 0) is 37.6 Å². The van der Waals surface area contributed by atoms with Gasteiger partial charge in [0.25, 0.3) is 0 Å². The first-order chi connectivity index (χ1) is 10.7. The maximum Gasteiger partial charge on any atom is 0.128 e. The van der Waals surface area contributed by atoms with Gasteiger partial charge < -0.3 is 22.1 Å². The predicted molar refractivity (Wildman–Crippen MR) is 86.9 cm³/mol. The van der Waals surface area contributed by atoms with Crippen LogP contribution < -0.4 is 22.1 Å². The number of nitrogens with two attached hydrogens (primary N) is 2. The molecule has 3 rings (SSSR count). The summed E-state index contributed by atoms with van der Waals surface area (Å²) in [6.07, 6.45) is 7.05. The molecule has 7 N–H and O–H groups in total. The van der Waals surface area contributed by atoms with Crippen molar-refractivity contribution in [1.29, 1.82) is 5.41 Å². The number of allylic oxidation sites excluding steroid dienone is 2. The fraction of sp³-hybridized carbons (Fsp3) is 0.375. The Morgan fingerprint density at radius 3 is 2.73 bits per heavy atom. The molecule has 116 valence electrons. The Kier molecular flexibility index (Phi) is 4.11. The molecule has 2 aliphatic heterocycles. The molecule has 0 aliphatic carbocycles. The standard InChI is InChI=1S/C16H22N6/c17-8-12-13(11-2-1-5-21-9-11)14(18)15(22-16(12)19)10-3-6-20-7-4-10/h1-2,5,8-10,13,20H,3-4,6-7,17-18H2,(H2,19,22)/b12-8-. The van der Waals surface area contributed by atoms with Gasteiger partial charge in [-0.3, -0.25) is 10.4 Å².